The van der Waals surface area contributed by atoms with Gasteiger partial charge in [0, 0.05) is 24.5 Å². The third-order valence-electron chi connectivity index (χ3n) is 5.37. The van der Waals surface area contributed by atoms with Gasteiger partial charge in [-0.25, -0.2) is 4.39 Å². The van der Waals surface area contributed by atoms with Gasteiger partial charge in [0.25, 0.3) is 0 Å². The number of hydrogen-bond donors (Lipinski definition) is 4. The molecular weight excluding hydrogens is 514 g/mol. The lowest BCUT2D eigenvalue weighted by Crippen LogP contribution is -2.47. The van der Waals surface area contributed by atoms with E-state index in [0.29, 0.717) is 24.3 Å². The highest BCUT2D eigenvalue weighted by Gasteiger charge is 2.31. The number of carbonyl (C=O) groups is 1. The Balaban J connectivity index is 0.00000341. The molecular formula is C22H34FIN4O3. The maximum Gasteiger partial charge on any atom is 0.223 e. The lowest BCUT2D eigenvalue weighted by Gasteiger charge is -2.30. The Morgan fingerprint density at radius 1 is 1.19 bits per heavy atom. The molecule has 0 saturated heterocycles. The van der Waals surface area contributed by atoms with E-state index >= 15 is 0 Å². The van der Waals surface area contributed by atoms with E-state index in [4.69, 9.17) is 4.74 Å². The first-order valence-electron chi connectivity index (χ1n) is 10.9. The molecule has 1 aromatic rings. The minimum atomic E-state index is -0.783. The number of guanidine groups is 1. The van der Waals surface area contributed by atoms with Gasteiger partial charge in [-0.05, 0) is 63.3 Å². The summed E-state index contributed by atoms with van der Waals surface area (Å²) in [6, 6.07) is 6.25. The predicted octanol–water partition coefficient (Wildman–Crippen LogP) is 2.58. The van der Waals surface area contributed by atoms with Gasteiger partial charge in [0.2, 0.25) is 5.91 Å². The molecule has 0 spiro atoms. The summed E-state index contributed by atoms with van der Waals surface area (Å²) in [5, 5.41) is 19.9. The first kappa shape index (κ1) is 25.6. The Hall–Kier alpha value is -1.62. The molecule has 9 heteroatoms. The number of carbonyl (C=O) groups excluding carboxylic acids is 1. The summed E-state index contributed by atoms with van der Waals surface area (Å²) in [5.74, 6) is 1.03. The van der Waals surface area contributed by atoms with Crippen molar-refractivity contribution in [2.75, 3.05) is 19.7 Å². The van der Waals surface area contributed by atoms with Crippen LogP contribution in [0.3, 0.4) is 0 Å². The van der Waals surface area contributed by atoms with E-state index in [2.05, 4.69) is 20.9 Å². The molecule has 31 heavy (non-hydrogen) atoms. The number of aliphatic hydroxyl groups excluding tert-OH is 1. The van der Waals surface area contributed by atoms with Crippen molar-refractivity contribution in [3.05, 3.63) is 30.1 Å². The van der Waals surface area contributed by atoms with Crippen LogP contribution in [0.4, 0.5) is 4.39 Å². The Morgan fingerprint density at radius 3 is 2.61 bits per heavy atom. The van der Waals surface area contributed by atoms with Crippen LogP contribution in [0, 0.1) is 11.7 Å². The summed E-state index contributed by atoms with van der Waals surface area (Å²) in [4.78, 5) is 16.8. The van der Waals surface area contributed by atoms with Crippen molar-refractivity contribution in [2.45, 2.75) is 63.6 Å². The van der Waals surface area contributed by atoms with E-state index in [1.807, 2.05) is 6.92 Å². The molecule has 3 rings (SSSR count). The summed E-state index contributed by atoms with van der Waals surface area (Å²) in [6.07, 6.45) is 5.15. The van der Waals surface area contributed by atoms with Gasteiger partial charge in [0.05, 0.1) is 6.54 Å². The van der Waals surface area contributed by atoms with Crippen molar-refractivity contribution in [3.63, 3.8) is 0 Å². The Bertz CT molecular complexity index is 715. The van der Waals surface area contributed by atoms with E-state index in [9.17, 15) is 14.3 Å². The fraction of sp³-hybridized carbons (Fsp3) is 0.636. The van der Waals surface area contributed by atoms with Crippen LogP contribution in [-0.4, -0.2) is 54.9 Å². The SMILES string of the molecule is CCNC(=NCC(O)COc1ccc(F)cc1)NC1CCCC(C(=O)NC2CC2)C1.I. The third kappa shape index (κ3) is 9.18. The van der Waals surface area contributed by atoms with Crippen LogP contribution in [0.15, 0.2) is 29.3 Å². The van der Waals surface area contributed by atoms with Gasteiger partial charge in [-0.2, -0.15) is 0 Å². The van der Waals surface area contributed by atoms with Crippen molar-refractivity contribution < 1.29 is 19.0 Å². The van der Waals surface area contributed by atoms with Crippen molar-refractivity contribution in [2.24, 2.45) is 10.9 Å². The van der Waals surface area contributed by atoms with Crippen molar-refractivity contribution in [1.29, 1.82) is 0 Å². The van der Waals surface area contributed by atoms with Crippen LogP contribution in [0.2, 0.25) is 0 Å². The molecule has 1 aromatic carbocycles. The van der Waals surface area contributed by atoms with E-state index in [0.717, 1.165) is 38.5 Å². The largest absolute Gasteiger partial charge is 0.491 e. The minimum Gasteiger partial charge on any atom is -0.491 e. The number of ether oxygens (including phenoxy) is 1. The molecule has 3 atom stereocenters. The Kier molecular flexibility index (Phi) is 10.8. The number of rotatable bonds is 9. The van der Waals surface area contributed by atoms with Crippen molar-refractivity contribution >= 4 is 35.8 Å². The molecule has 2 saturated carbocycles. The molecule has 4 N–H and O–H groups in total. The number of aliphatic hydroxyl groups is 1. The number of benzene rings is 1. The zero-order valence-electron chi connectivity index (χ0n) is 18.0. The van der Waals surface area contributed by atoms with Crippen LogP contribution < -0.4 is 20.7 Å². The lowest BCUT2D eigenvalue weighted by molar-refractivity contribution is -0.126. The van der Waals surface area contributed by atoms with Gasteiger partial charge in [-0.15, -0.1) is 24.0 Å². The maximum atomic E-state index is 12.9. The second-order valence-electron chi connectivity index (χ2n) is 8.13. The molecule has 0 bridgehead atoms. The third-order valence-corrected chi connectivity index (χ3v) is 5.37. The molecule has 0 radical (unpaired) electrons. The zero-order valence-corrected chi connectivity index (χ0v) is 20.3. The second-order valence-corrected chi connectivity index (χ2v) is 8.13. The molecule has 2 fully saturated rings. The molecule has 3 unspecified atom stereocenters. The zero-order chi connectivity index (χ0) is 21.3. The molecule has 7 nitrogen and oxygen atoms in total. The van der Waals surface area contributed by atoms with E-state index in [-0.39, 0.29) is 60.8 Å². The molecule has 0 aromatic heterocycles. The average Bonchev–Trinajstić information content (AvgIpc) is 3.56. The smallest absolute Gasteiger partial charge is 0.223 e. The summed E-state index contributed by atoms with van der Waals surface area (Å²) >= 11 is 0. The molecule has 2 aliphatic rings. The van der Waals surface area contributed by atoms with Gasteiger partial charge in [-0.1, -0.05) is 6.42 Å². The number of aliphatic imine (C=N–C) groups is 1. The van der Waals surface area contributed by atoms with Gasteiger partial charge < -0.3 is 25.8 Å². The van der Waals surface area contributed by atoms with Gasteiger partial charge in [-0.3, -0.25) is 9.79 Å². The summed E-state index contributed by atoms with van der Waals surface area (Å²) < 4.78 is 18.4. The number of hydrogen-bond acceptors (Lipinski definition) is 4. The fourth-order valence-corrected chi connectivity index (χ4v) is 3.59. The highest BCUT2D eigenvalue weighted by Crippen LogP contribution is 2.26. The van der Waals surface area contributed by atoms with Crippen molar-refractivity contribution in [1.82, 2.24) is 16.0 Å². The number of nitrogens with zero attached hydrogens (tertiary/aromatic N) is 1. The normalized spacial score (nSPS) is 22.1. The maximum absolute atomic E-state index is 12.9. The minimum absolute atomic E-state index is 0. The quantitative estimate of drug-likeness (QED) is 0.216. The van der Waals surface area contributed by atoms with Gasteiger partial charge in [0.1, 0.15) is 24.3 Å². The van der Waals surface area contributed by atoms with Crippen molar-refractivity contribution in [3.8, 4) is 5.75 Å². The standard InChI is InChI=1S/C22H33FN4O3.HI/c1-2-24-22(25-13-19(28)14-30-20-10-6-16(23)7-11-20)27-18-5-3-4-15(12-18)21(29)26-17-8-9-17;/h6-7,10-11,15,17-19,28H,2-5,8-9,12-14H2,1H3,(H,26,29)(H2,24,25,27);1H. The highest BCUT2D eigenvalue weighted by molar-refractivity contribution is 14.0. The van der Waals surface area contributed by atoms with E-state index in [1.165, 1.54) is 24.3 Å². The fourth-order valence-electron chi connectivity index (χ4n) is 3.59. The van der Waals surface area contributed by atoms with Crippen LogP contribution in [0.5, 0.6) is 5.75 Å². The lowest BCUT2D eigenvalue weighted by atomic mass is 9.85. The number of nitrogens with one attached hydrogen (secondary N) is 3. The van der Waals surface area contributed by atoms with Crippen LogP contribution >= 0.6 is 24.0 Å². The van der Waals surface area contributed by atoms with Gasteiger partial charge in [0.15, 0.2) is 5.96 Å². The van der Waals surface area contributed by atoms with Crippen LogP contribution in [-0.2, 0) is 4.79 Å². The summed E-state index contributed by atoms with van der Waals surface area (Å²) in [7, 11) is 0. The molecule has 1 amide bonds. The number of amides is 1. The van der Waals surface area contributed by atoms with E-state index < -0.39 is 6.10 Å². The van der Waals surface area contributed by atoms with Gasteiger partial charge >= 0.3 is 0 Å². The monoisotopic (exact) mass is 548 g/mol. The summed E-state index contributed by atoms with van der Waals surface area (Å²) in [6.45, 7) is 2.93. The Labute approximate surface area is 200 Å². The summed E-state index contributed by atoms with van der Waals surface area (Å²) in [5.41, 5.74) is 0. The Morgan fingerprint density at radius 2 is 1.94 bits per heavy atom. The molecule has 0 heterocycles. The first-order valence-corrected chi connectivity index (χ1v) is 10.9. The number of halogens is 2. The van der Waals surface area contributed by atoms with E-state index in [1.54, 1.807) is 0 Å². The molecule has 0 aliphatic heterocycles. The topological polar surface area (TPSA) is 95.0 Å². The first-order chi connectivity index (χ1) is 14.5. The molecule has 2 aliphatic carbocycles. The second kappa shape index (κ2) is 13.0. The predicted molar refractivity (Wildman–Crippen MR) is 129 cm³/mol. The molecule has 174 valence electrons. The van der Waals surface area contributed by atoms with Crippen LogP contribution in [0.1, 0.15) is 45.4 Å². The van der Waals surface area contributed by atoms with Crippen LogP contribution in [0.25, 0.3) is 0 Å². The average molecular weight is 548 g/mol. The highest BCUT2D eigenvalue weighted by atomic mass is 127.